The maximum atomic E-state index is 10.6. The highest BCUT2D eigenvalue weighted by atomic mass is 79.9. The van der Waals surface area contributed by atoms with Crippen molar-refractivity contribution in [1.29, 1.82) is 0 Å². The highest BCUT2D eigenvalue weighted by molar-refractivity contribution is 9.09. The number of carbonyl (C=O) groups excluding carboxylic acids is 1. The van der Waals surface area contributed by atoms with Crippen LogP contribution in [0.3, 0.4) is 0 Å². The van der Waals surface area contributed by atoms with E-state index in [9.17, 15) is 4.79 Å². The molecule has 0 bridgehead atoms. The Morgan fingerprint density at radius 3 is 2.67 bits per heavy atom. The van der Waals surface area contributed by atoms with Gasteiger partial charge in [-0.2, -0.15) is 0 Å². The van der Waals surface area contributed by atoms with Crippen LogP contribution in [-0.2, 0) is 9.53 Å². The standard InChI is InChI=1S/C6H11BrO2/c1-3-9-6(8)4-5(2)7/h5H,3-4H2,1-2H3/t5-/m0/s1. The fraction of sp³-hybridized carbons (Fsp3) is 0.833. The molecular formula is C6H11BrO2. The quantitative estimate of drug-likeness (QED) is 0.506. The zero-order valence-corrected chi connectivity index (χ0v) is 7.27. The first kappa shape index (κ1) is 8.95. The van der Waals surface area contributed by atoms with Gasteiger partial charge in [0.2, 0.25) is 0 Å². The lowest BCUT2D eigenvalue weighted by Crippen LogP contribution is -2.08. The molecule has 0 rings (SSSR count). The van der Waals surface area contributed by atoms with Crippen molar-refractivity contribution < 1.29 is 9.53 Å². The third-order valence-corrected chi connectivity index (χ3v) is 1.08. The lowest BCUT2D eigenvalue weighted by Gasteiger charge is -2.01. The van der Waals surface area contributed by atoms with Crippen LogP contribution < -0.4 is 0 Å². The van der Waals surface area contributed by atoms with Crippen LogP contribution in [0.2, 0.25) is 0 Å². The summed E-state index contributed by atoms with van der Waals surface area (Å²) in [6, 6.07) is 0. The van der Waals surface area contributed by atoms with Crippen LogP contribution in [0.4, 0.5) is 0 Å². The van der Waals surface area contributed by atoms with E-state index in [1.807, 2.05) is 6.92 Å². The molecule has 0 aliphatic rings. The van der Waals surface area contributed by atoms with Crippen LogP contribution in [-0.4, -0.2) is 17.4 Å². The van der Waals surface area contributed by atoms with Crippen molar-refractivity contribution in [3.8, 4) is 0 Å². The highest BCUT2D eigenvalue weighted by Gasteiger charge is 2.04. The maximum absolute atomic E-state index is 10.6. The summed E-state index contributed by atoms with van der Waals surface area (Å²) in [6.45, 7) is 4.19. The summed E-state index contributed by atoms with van der Waals surface area (Å²) in [5, 5.41) is 0. The van der Waals surface area contributed by atoms with E-state index in [-0.39, 0.29) is 10.8 Å². The van der Waals surface area contributed by atoms with Gasteiger partial charge in [-0.25, -0.2) is 0 Å². The van der Waals surface area contributed by atoms with Gasteiger partial charge in [0.1, 0.15) is 0 Å². The number of ether oxygens (including phenoxy) is 1. The lowest BCUT2D eigenvalue weighted by molar-refractivity contribution is -0.142. The Morgan fingerprint density at radius 1 is 1.78 bits per heavy atom. The number of carbonyl (C=O) groups is 1. The van der Waals surface area contributed by atoms with Crippen molar-refractivity contribution in [1.82, 2.24) is 0 Å². The van der Waals surface area contributed by atoms with Crippen molar-refractivity contribution in [3.63, 3.8) is 0 Å². The first-order valence-electron chi connectivity index (χ1n) is 2.96. The second-order valence-electron chi connectivity index (χ2n) is 1.79. The molecule has 0 saturated carbocycles. The number of halogens is 1. The van der Waals surface area contributed by atoms with Crippen molar-refractivity contribution in [2.75, 3.05) is 6.61 Å². The zero-order valence-electron chi connectivity index (χ0n) is 5.69. The minimum atomic E-state index is -0.137. The third kappa shape index (κ3) is 5.83. The topological polar surface area (TPSA) is 26.3 Å². The van der Waals surface area contributed by atoms with Gasteiger partial charge in [-0.05, 0) is 6.92 Å². The smallest absolute Gasteiger partial charge is 0.306 e. The minimum Gasteiger partial charge on any atom is -0.466 e. The van der Waals surface area contributed by atoms with Crippen molar-refractivity contribution >= 4 is 21.9 Å². The molecule has 0 aromatic carbocycles. The lowest BCUT2D eigenvalue weighted by atomic mass is 10.3. The van der Waals surface area contributed by atoms with Gasteiger partial charge >= 0.3 is 5.97 Å². The molecule has 0 heterocycles. The molecule has 0 aliphatic carbocycles. The number of alkyl halides is 1. The molecule has 2 nitrogen and oxygen atoms in total. The minimum absolute atomic E-state index is 0.137. The third-order valence-electron chi connectivity index (χ3n) is 0.753. The summed E-state index contributed by atoms with van der Waals surface area (Å²) in [7, 11) is 0. The molecule has 0 aromatic rings. The van der Waals surface area contributed by atoms with Gasteiger partial charge in [0.05, 0.1) is 13.0 Å². The second kappa shape index (κ2) is 4.79. The molecule has 0 aromatic heterocycles. The first-order valence-corrected chi connectivity index (χ1v) is 3.88. The van der Waals surface area contributed by atoms with E-state index in [4.69, 9.17) is 0 Å². The van der Waals surface area contributed by atoms with Crippen LogP contribution >= 0.6 is 15.9 Å². The van der Waals surface area contributed by atoms with E-state index in [0.29, 0.717) is 13.0 Å². The Labute approximate surface area is 63.7 Å². The predicted octanol–water partition coefficient (Wildman–Crippen LogP) is 1.72. The Hall–Kier alpha value is -0.0500. The van der Waals surface area contributed by atoms with E-state index in [1.54, 1.807) is 6.92 Å². The number of hydrogen-bond acceptors (Lipinski definition) is 2. The molecule has 0 amide bonds. The SMILES string of the molecule is CCOC(=O)C[C@H](C)Br. The summed E-state index contributed by atoms with van der Waals surface area (Å²) in [4.78, 5) is 10.8. The van der Waals surface area contributed by atoms with Crippen LogP contribution in [0.25, 0.3) is 0 Å². The molecule has 3 heteroatoms. The van der Waals surface area contributed by atoms with Gasteiger partial charge in [0.15, 0.2) is 0 Å². The molecule has 0 saturated heterocycles. The number of rotatable bonds is 3. The fourth-order valence-corrected chi connectivity index (χ4v) is 0.714. The van der Waals surface area contributed by atoms with E-state index in [0.717, 1.165) is 0 Å². The van der Waals surface area contributed by atoms with Gasteiger partial charge in [-0.15, -0.1) is 0 Å². The van der Waals surface area contributed by atoms with Gasteiger partial charge in [-0.3, -0.25) is 4.79 Å². The fourth-order valence-electron chi connectivity index (χ4n) is 0.450. The Kier molecular flexibility index (Phi) is 4.77. The summed E-state index contributed by atoms with van der Waals surface area (Å²) in [6.07, 6.45) is 0.452. The molecule has 0 aliphatic heterocycles. The largest absolute Gasteiger partial charge is 0.466 e. The summed E-state index contributed by atoms with van der Waals surface area (Å²) < 4.78 is 4.68. The van der Waals surface area contributed by atoms with Crippen molar-refractivity contribution in [3.05, 3.63) is 0 Å². The molecule has 0 N–H and O–H groups in total. The molecule has 0 unspecified atom stereocenters. The van der Waals surface area contributed by atoms with Crippen LogP contribution in [0.1, 0.15) is 20.3 Å². The van der Waals surface area contributed by atoms with Crippen molar-refractivity contribution in [2.24, 2.45) is 0 Å². The highest BCUT2D eigenvalue weighted by Crippen LogP contribution is 2.03. The summed E-state index contributed by atoms with van der Waals surface area (Å²) >= 11 is 3.24. The average molecular weight is 195 g/mol. The van der Waals surface area contributed by atoms with E-state index >= 15 is 0 Å². The maximum Gasteiger partial charge on any atom is 0.306 e. The van der Waals surface area contributed by atoms with Crippen LogP contribution in [0.15, 0.2) is 0 Å². The van der Waals surface area contributed by atoms with Crippen molar-refractivity contribution in [2.45, 2.75) is 25.1 Å². The second-order valence-corrected chi connectivity index (χ2v) is 3.35. The monoisotopic (exact) mass is 194 g/mol. The average Bonchev–Trinajstić information content (AvgIpc) is 1.63. The van der Waals surface area contributed by atoms with Gasteiger partial charge in [-0.1, -0.05) is 22.9 Å². The number of hydrogen-bond donors (Lipinski definition) is 0. The Morgan fingerprint density at radius 2 is 2.33 bits per heavy atom. The molecule has 0 fully saturated rings. The Bertz CT molecular complexity index is 91.1. The van der Waals surface area contributed by atoms with E-state index in [1.165, 1.54) is 0 Å². The Balaban J connectivity index is 3.27. The molecular weight excluding hydrogens is 184 g/mol. The molecule has 0 spiro atoms. The van der Waals surface area contributed by atoms with Crippen LogP contribution in [0.5, 0.6) is 0 Å². The van der Waals surface area contributed by atoms with E-state index < -0.39 is 0 Å². The predicted molar refractivity (Wildman–Crippen MR) is 39.6 cm³/mol. The summed E-state index contributed by atoms with van der Waals surface area (Å²) in [5.41, 5.74) is 0. The van der Waals surface area contributed by atoms with Gasteiger partial charge < -0.3 is 4.74 Å². The summed E-state index contributed by atoms with van der Waals surface area (Å²) in [5.74, 6) is -0.137. The molecule has 1 atom stereocenters. The normalized spacial score (nSPS) is 12.8. The van der Waals surface area contributed by atoms with Gasteiger partial charge in [0, 0.05) is 4.83 Å². The zero-order chi connectivity index (χ0) is 7.28. The molecule has 54 valence electrons. The molecule has 0 radical (unpaired) electrons. The first-order chi connectivity index (χ1) is 4.16. The van der Waals surface area contributed by atoms with E-state index in [2.05, 4.69) is 20.7 Å². The molecule has 9 heavy (non-hydrogen) atoms. The van der Waals surface area contributed by atoms with Gasteiger partial charge in [0.25, 0.3) is 0 Å². The van der Waals surface area contributed by atoms with Crippen LogP contribution in [0, 0.1) is 0 Å². The number of esters is 1.